The molecule has 0 aliphatic carbocycles. The van der Waals surface area contributed by atoms with Crippen LogP contribution in [0.2, 0.25) is 4.34 Å². The van der Waals surface area contributed by atoms with Gasteiger partial charge in [0.2, 0.25) is 15.7 Å². The molecule has 0 saturated heterocycles. The molecule has 1 heterocycles. The molecule has 0 fully saturated rings. The van der Waals surface area contributed by atoms with E-state index in [2.05, 4.69) is 4.98 Å². The predicted octanol–water partition coefficient (Wildman–Crippen LogP) is 2.52. The van der Waals surface area contributed by atoms with Gasteiger partial charge in [0.05, 0.1) is 10.6 Å². The van der Waals surface area contributed by atoms with Crippen molar-refractivity contribution in [2.45, 2.75) is 21.2 Å². The third-order valence-corrected chi connectivity index (χ3v) is 6.82. The van der Waals surface area contributed by atoms with E-state index in [-0.39, 0.29) is 20.0 Å². The molecule has 5 nitrogen and oxygen atoms in total. The van der Waals surface area contributed by atoms with Crippen LogP contribution in [-0.2, 0) is 14.6 Å². The van der Waals surface area contributed by atoms with E-state index < -0.39 is 15.7 Å². The van der Waals surface area contributed by atoms with Gasteiger partial charge in [-0.2, -0.15) is 0 Å². The number of sulfone groups is 1. The minimum Gasteiger partial charge on any atom is -0.369 e. The molecule has 9 heteroatoms. The number of hydrogen-bond acceptors (Lipinski definition) is 6. The van der Waals surface area contributed by atoms with Crippen LogP contribution in [0.3, 0.4) is 0 Å². The van der Waals surface area contributed by atoms with Crippen molar-refractivity contribution >= 4 is 50.4 Å². The van der Waals surface area contributed by atoms with Crippen LogP contribution in [0.15, 0.2) is 38.5 Å². The smallest absolute Gasteiger partial charge is 0.227 e. The standard InChI is InChI=1S/C12H11ClN2O3S3/c1-7-2-4-8(5-3-7)21(17,18)11-10(13)20-12(15-11)19-6-9(14)16/h2-5H,6H2,1H3,(H2,14,16). The number of aryl methyl sites for hydroxylation is 1. The van der Waals surface area contributed by atoms with Crippen molar-refractivity contribution in [3.05, 3.63) is 34.2 Å². The molecule has 0 atom stereocenters. The molecule has 1 amide bonds. The van der Waals surface area contributed by atoms with Crippen LogP contribution in [0.5, 0.6) is 0 Å². The highest BCUT2D eigenvalue weighted by molar-refractivity contribution is 8.01. The van der Waals surface area contributed by atoms with Crippen molar-refractivity contribution < 1.29 is 13.2 Å². The molecule has 0 bridgehead atoms. The Labute approximate surface area is 135 Å². The number of nitrogens with two attached hydrogens (primary N) is 1. The Morgan fingerprint density at radius 1 is 1.38 bits per heavy atom. The number of carbonyl (C=O) groups excluding carboxylic acids is 1. The van der Waals surface area contributed by atoms with Gasteiger partial charge in [-0.25, -0.2) is 13.4 Å². The molecule has 0 aliphatic rings. The highest BCUT2D eigenvalue weighted by Gasteiger charge is 2.25. The number of halogens is 1. The SMILES string of the molecule is Cc1ccc(S(=O)(=O)c2nc(SCC(N)=O)sc2Cl)cc1. The zero-order valence-electron chi connectivity index (χ0n) is 10.9. The fraction of sp³-hybridized carbons (Fsp3) is 0.167. The van der Waals surface area contributed by atoms with Crippen LogP contribution in [0, 0.1) is 6.92 Å². The quantitative estimate of drug-likeness (QED) is 0.825. The molecule has 0 radical (unpaired) electrons. The number of rotatable bonds is 5. The summed E-state index contributed by atoms with van der Waals surface area (Å²) in [6.07, 6.45) is 0. The van der Waals surface area contributed by atoms with Gasteiger partial charge in [-0.1, -0.05) is 52.4 Å². The Hall–Kier alpha value is -1.09. The van der Waals surface area contributed by atoms with Crippen LogP contribution < -0.4 is 5.73 Å². The maximum atomic E-state index is 12.5. The van der Waals surface area contributed by atoms with Crippen molar-refractivity contribution in [3.8, 4) is 0 Å². The van der Waals surface area contributed by atoms with Crippen molar-refractivity contribution in [1.29, 1.82) is 0 Å². The highest BCUT2D eigenvalue weighted by atomic mass is 35.5. The van der Waals surface area contributed by atoms with Crippen LogP contribution in [0.4, 0.5) is 0 Å². The van der Waals surface area contributed by atoms with Gasteiger partial charge in [0.15, 0.2) is 9.37 Å². The average molecular weight is 363 g/mol. The van der Waals surface area contributed by atoms with Gasteiger partial charge in [-0.15, -0.1) is 0 Å². The second kappa shape index (κ2) is 6.35. The number of thiazole rings is 1. The average Bonchev–Trinajstić information content (AvgIpc) is 2.79. The van der Waals surface area contributed by atoms with Gasteiger partial charge in [0, 0.05) is 0 Å². The number of primary amides is 1. The third-order valence-electron chi connectivity index (χ3n) is 2.46. The Morgan fingerprint density at radius 2 is 2.00 bits per heavy atom. The maximum absolute atomic E-state index is 12.5. The number of carbonyl (C=O) groups is 1. The maximum Gasteiger partial charge on any atom is 0.227 e. The number of amides is 1. The summed E-state index contributed by atoms with van der Waals surface area (Å²) >= 11 is 8.05. The van der Waals surface area contributed by atoms with E-state index >= 15 is 0 Å². The number of thioether (sulfide) groups is 1. The molecule has 1 aromatic carbocycles. The Kier molecular flexibility index (Phi) is 4.92. The normalized spacial score (nSPS) is 11.5. The number of benzene rings is 1. The zero-order valence-corrected chi connectivity index (χ0v) is 14.1. The molecule has 2 N–H and O–H groups in total. The van der Waals surface area contributed by atoms with Crippen molar-refractivity contribution in [2.75, 3.05) is 5.75 Å². The van der Waals surface area contributed by atoms with Gasteiger partial charge >= 0.3 is 0 Å². The molecule has 0 unspecified atom stereocenters. The van der Waals surface area contributed by atoms with Crippen LogP contribution in [0.1, 0.15) is 5.56 Å². The van der Waals surface area contributed by atoms with Crippen molar-refractivity contribution in [3.63, 3.8) is 0 Å². The highest BCUT2D eigenvalue weighted by Crippen LogP contribution is 2.36. The Morgan fingerprint density at radius 3 is 2.57 bits per heavy atom. The first kappa shape index (κ1) is 16.3. The molecule has 112 valence electrons. The second-order valence-corrected chi connectivity index (χ2v) is 8.82. The third kappa shape index (κ3) is 3.76. The molecule has 0 spiro atoms. The van der Waals surface area contributed by atoms with E-state index in [0.29, 0.717) is 4.34 Å². The zero-order chi connectivity index (χ0) is 15.6. The fourth-order valence-corrected chi connectivity index (χ4v) is 5.38. The molecule has 21 heavy (non-hydrogen) atoms. The lowest BCUT2D eigenvalue weighted by molar-refractivity contribution is -0.115. The van der Waals surface area contributed by atoms with E-state index in [1.807, 2.05) is 6.92 Å². The largest absolute Gasteiger partial charge is 0.369 e. The molecule has 2 aromatic rings. The van der Waals surface area contributed by atoms with E-state index in [9.17, 15) is 13.2 Å². The minimum absolute atomic E-state index is 0.0217. The molecule has 0 aliphatic heterocycles. The van der Waals surface area contributed by atoms with E-state index in [1.54, 1.807) is 12.1 Å². The van der Waals surface area contributed by atoms with E-state index in [1.165, 1.54) is 12.1 Å². The van der Waals surface area contributed by atoms with Gasteiger partial charge in [-0.05, 0) is 19.1 Å². The van der Waals surface area contributed by atoms with Gasteiger partial charge in [-0.3, -0.25) is 4.79 Å². The summed E-state index contributed by atoms with van der Waals surface area (Å²) in [4.78, 5) is 14.9. The van der Waals surface area contributed by atoms with Gasteiger partial charge < -0.3 is 5.73 Å². The summed E-state index contributed by atoms with van der Waals surface area (Å²) in [6, 6.07) is 6.43. The van der Waals surface area contributed by atoms with Crippen LogP contribution >= 0.6 is 34.7 Å². The predicted molar refractivity (Wildman–Crippen MR) is 83.7 cm³/mol. The summed E-state index contributed by atoms with van der Waals surface area (Å²) in [6.45, 7) is 1.87. The van der Waals surface area contributed by atoms with Crippen LogP contribution in [-0.4, -0.2) is 25.1 Å². The summed E-state index contributed by atoms with van der Waals surface area (Å²) in [5.74, 6) is -0.484. The number of hydrogen-bond donors (Lipinski definition) is 1. The molecular weight excluding hydrogens is 352 g/mol. The number of aromatic nitrogens is 1. The topological polar surface area (TPSA) is 90.1 Å². The van der Waals surface area contributed by atoms with Gasteiger partial charge in [0.1, 0.15) is 4.34 Å². The first-order valence-corrected chi connectivity index (χ1v) is 9.36. The lowest BCUT2D eigenvalue weighted by Gasteiger charge is -2.02. The number of nitrogens with zero attached hydrogens (tertiary/aromatic N) is 1. The summed E-state index contributed by atoms with van der Waals surface area (Å²) in [5, 5.41) is -0.190. The summed E-state index contributed by atoms with van der Waals surface area (Å²) in [7, 11) is -3.77. The fourth-order valence-electron chi connectivity index (χ4n) is 1.46. The van der Waals surface area contributed by atoms with Gasteiger partial charge in [0.25, 0.3) is 0 Å². The first-order chi connectivity index (χ1) is 9.80. The second-order valence-electron chi connectivity index (χ2n) is 4.13. The first-order valence-electron chi connectivity index (χ1n) is 5.70. The lowest BCUT2D eigenvalue weighted by Crippen LogP contribution is -2.12. The molecule has 1 aromatic heterocycles. The van der Waals surface area contributed by atoms with Crippen molar-refractivity contribution in [2.24, 2.45) is 5.73 Å². The Balaban J connectivity index is 2.36. The summed E-state index contributed by atoms with van der Waals surface area (Å²) < 4.78 is 25.4. The van der Waals surface area contributed by atoms with Crippen molar-refractivity contribution in [1.82, 2.24) is 4.98 Å². The Bertz CT molecular complexity index is 770. The summed E-state index contributed by atoms with van der Waals surface area (Å²) in [5.41, 5.74) is 6.00. The molecule has 0 saturated carbocycles. The van der Waals surface area contributed by atoms with E-state index in [4.69, 9.17) is 17.3 Å². The van der Waals surface area contributed by atoms with Crippen LogP contribution in [0.25, 0.3) is 0 Å². The lowest BCUT2D eigenvalue weighted by atomic mass is 10.2. The monoisotopic (exact) mass is 362 g/mol. The van der Waals surface area contributed by atoms with E-state index in [0.717, 1.165) is 28.7 Å². The molecular formula is C12H11ClN2O3S3. The minimum atomic E-state index is -3.77. The molecule has 2 rings (SSSR count).